The van der Waals surface area contributed by atoms with Crippen LogP contribution in [0.4, 0.5) is 11.8 Å². The summed E-state index contributed by atoms with van der Waals surface area (Å²) in [6.45, 7) is 10.3. The van der Waals surface area contributed by atoms with Crippen LogP contribution < -0.4 is 10.2 Å². The minimum atomic E-state index is 0.329. The molecule has 5 nitrogen and oxygen atoms in total. The minimum Gasteiger partial charge on any atom is -0.353 e. The molecule has 0 aliphatic heterocycles. The van der Waals surface area contributed by atoms with Crippen molar-refractivity contribution in [2.75, 3.05) is 16.8 Å². The summed E-state index contributed by atoms with van der Waals surface area (Å²) >= 11 is 0. The molecule has 0 radical (unpaired) electrons. The van der Waals surface area contributed by atoms with E-state index in [1.165, 1.54) is 5.56 Å². The molecule has 5 heteroatoms. The topological polar surface area (TPSA) is 53.9 Å². The van der Waals surface area contributed by atoms with Gasteiger partial charge in [0.05, 0.1) is 6.20 Å². The minimum absolute atomic E-state index is 0.329. The summed E-state index contributed by atoms with van der Waals surface area (Å²) in [6, 6.07) is 10.7. The van der Waals surface area contributed by atoms with E-state index >= 15 is 0 Å². The lowest BCUT2D eigenvalue weighted by Crippen LogP contribution is -2.31. The lowest BCUT2D eigenvalue weighted by molar-refractivity contribution is 0.661. The van der Waals surface area contributed by atoms with Gasteiger partial charge in [-0.1, -0.05) is 44.2 Å². The number of anilines is 2. The molecule has 2 aromatic rings. The van der Waals surface area contributed by atoms with Gasteiger partial charge in [0.1, 0.15) is 0 Å². The van der Waals surface area contributed by atoms with Crippen LogP contribution in [0.2, 0.25) is 0 Å². The Kier molecular flexibility index (Phi) is 5.69. The first-order chi connectivity index (χ1) is 10.6. The van der Waals surface area contributed by atoms with E-state index in [1.807, 2.05) is 6.07 Å². The fraction of sp³-hybridized carbons (Fsp3) is 0.471. The molecule has 0 saturated carbocycles. The largest absolute Gasteiger partial charge is 0.353 e. The summed E-state index contributed by atoms with van der Waals surface area (Å²) in [5, 5.41) is 11.4. The molecule has 22 heavy (non-hydrogen) atoms. The van der Waals surface area contributed by atoms with Crippen molar-refractivity contribution in [3.63, 3.8) is 0 Å². The van der Waals surface area contributed by atoms with E-state index in [0.29, 0.717) is 17.9 Å². The maximum Gasteiger partial charge on any atom is 0.244 e. The molecule has 0 unspecified atom stereocenters. The Morgan fingerprint density at radius 2 is 1.82 bits per heavy atom. The zero-order valence-corrected chi connectivity index (χ0v) is 13.8. The van der Waals surface area contributed by atoms with E-state index in [2.05, 4.69) is 77.4 Å². The van der Waals surface area contributed by atoms with Crippen LogP contribution in [0.5, 0.6) is 0 Å². The average molecular weight is 299 g/mol. The van der Waals surface area contributed by atoms with E-state index in [0.717, 1.165) is 18.9 Å². The van der Waals surface area contributed by atoms with Crippen LogP contribution in [0.1, 0.15) is 33.3 Å². The molecule has 1 aromatic carbocycles. The number of hydrogen-bond acceptors (Lipinski definition) is 5. The molecule has 0 aliphatic carbocycles. The third-order valence-electron chi connectivity index (χ3n) is 3.33. The molecule has 0 saturated heterocycles. The molecule has 1 N–H and O–H groups in total. The number of aromatic nitrogens is 3. The molecule has 0 fully saturated rings. The fourth-order valence-electron chi connectivity index (χ4n) is 2.11. The Bertz CT molecular complexity index is 568. The SMILES string of the molecule is CC(C)CNc1nncc(N(Cc2ccccc2)C(C)C)n1. The number of rotatable bonds is 7. The van der Waals surface area contributed by atoms with Gasteiger partial charge in [-0.2, -0.15) is 10.1 Å². The highest BCUT2D eigenvalue weighted by Gasteiger charge is 2.14. The zero-order valence-electron chi connectivity index (χ0n) is 13.8. The molecule has 2 rings (SSSR count). The van der Waals surface area contributed by atoms with Crippen LogP contribution >= 0.6 is 0 Å². The summed E-state index contributed by atoms with van der Waals surface area (Å²) in [5.74, 6) is 1.97. The third-order valence-corrected chi connectivity index (χ3v) is 3.33. The Morgan fingerprint density at radius 1 is 1.09 bits per heavy atom. The molecule has 0 amide bonds. The highest BCUT2D eigenvalue weighted by Crippen LogP contribution is 2.17. The molecular formula is C17H25N5. The maximum absolute atomic E-state index is 4.60. The van der Waals surface area contributed by atoms with Crippen LogP contribution in [-0.2, 0) is 6.54 Å². The average Bonchev–Trinajstić information content (AvgIpc) is 2.51. The first-order valence-electron chi connectivity index (χ1n) is 7.80. The first kappa shape index (κ1) is 16.2. The number of nitrogens with zero attached hydrogens (tertiary/aromatic N) is 4. The van der Waals surface area contributed by atoms with Gasteiger partial charge < -0.3 is 10.2 Å². The van der Waals surface area contributed by atoms with Crippen LogP contribution in [-0.4, -0.2) is 27.8 Å². The van der Waals surface area contributed by atoms with Crippen LogP contribution in [0, 0.1) is 5.92 Å². The number of benzene rings is 1. The van der Waals surface area contributed by atoms with Gasteiger partial charge >= 0.3 is 0 Å². The number of nitrogens with one attached hydrogen (secondary N) is 1. The summed E-state index contributed by atoms with van der Waals surface area (Å²) in [5.41, 5.74) is 1.26. The van der Waals surface area contributed by atoms with Crippen LogP contribution in [0.15, 0.2) is 36.5 Å². The van der Waals surface area contributed by atoms with Gasteiger partial charge in [-0.3, -0.25) is 0 Å². The maximum atomic E-state index is 4.60. The van der Waals surface area contributed by atoms with Gasteiger partial charge in [0.2, 0.25) is 5.95 Å². The van der Waals surface area contributed by atoms with Crippen molar-refractivity contribution in [1.29, 1.82) is 0 Å². The van der Waals surface area contributed by atoms with Gasteiger partial charge in [-0.25, -0.2) is 0 Å². The predicted octanol–water partition coefficient (Wildman–Crippen LogP) is 3.35. The molecular weight excluding hydrogens is 274 g/mol. The van der Waals surface area contributed by atoms with E-state index in [4.69, 9.17) is 0 Å². The Morgan fingerprint density at radius 3 is 2.45 bits per heavy atom. The van der Waals surface area contributed by atoms with E-state index in [-0.39, 0.29) is 0 Å². The molecule has 0 atom stereocenters. The standard InChI is InChI=1S/C17H25N5/c1-13(2)10-18-17-20-16(11-19-21-17)22(14(3)4)12-15-8-6-5-7-9-15/h5-9,11,13-14H,10,12H2,1-4H3,(H,18,20,21). The first-order valence-corrected chi connectivity index (χ1v) is 7.80. The molecule has 0 bridgehead atoms. The monoisotopic (exact) mass is 299 g/mol. The van der Waals surface area contributed by atoms with Crippen LogP contribution in [0.25, 0.3) is 0 Å². The second-order valence-electron chi connectivity index (χ2n) is 6.12. The Balaban J connectivity index is 2.16. The van der Waals surface area contributed by atoms with Gasteiger partial charge in [-0.15, -0.1) is 5.10 Å². The van der Waals surface area contributed by atoms with Gasteiger partial charge in [0.15, 0.2) is 5.82 Å². The molecule has 1 aromatic heterocycles. The lowest BCUT2D eigenvalue weighted by Gasteiger charge is -2.27. The van der Waals surface area contributed by atoms with Crippen molar-refractivity contribution in [2.24, 2.45) is 5.92 Å². The molecule has 118 valence electrons. The van der Waals surface area contributed by atoms with Crippen LogP contribution in [0.3, 0.4) is 0 Å². The summed E-state index contributed by atoms with van der Waals surface area (Å²) in [7, 11) is 0. The second-order valence-corrected chi connectivity index (χ2v) is 6.12. The fourth-order valence-corrected chi connectivity index (χ4v) is 2.11. The second kappa shape index (κ2) is 7.73. The summed E-state index contributed by atoms with van der Waals surface area (Å²) in [4.78, 5) is 6.83. The molecule has 0 spiro atoms. The van der Waals surface area contributed by atoms with Crippen molar-refractivity contribution < 1.29 is 0 Å². The van der Waals surface area contributed by atoms with E-state index in [1.54, 1.807) is 6.20 Å². The highest BCUT2D eigenvalue weighted by atomic mass is 15.3. The highest BCUT2D eigenvalue weighted by molar-refractivity contribution is 5.42. The smallest absolute Gasteiger partial charge is 0.244 e. The Hall–Kier alpha value is -2.17. The quantitative estimate of drug-likeness (QED) is 0.849. The van der Waals surface area contributed by atoms with Crippen molar-refractivity contribution in [3.8, 4) is 0 Å². The lowest BCUT2D eigenvalue weighted by atomic mass is 10.2. The summed E-state index contributed by atoms with van der Waals surface area (Å²) in [6.07, 6.45) is 1.73. The van der Waals surface area contributed by atoms with Crippen molar-refractivity contribution in [2.45, 2.75) is 40.3 Å². The molecule has 0 aliphatic rings. The molecule has 1 heterocycles. The van der Waals surface area contributed by atoms with Gasteiger partial charge in [-0.05, 0) is 25.3 Å². The van der Waals surface area contributed by atoms with Gasteiger partial charge in [0, 0.05) is 19.1 Å². The van der Waals surface area contributed by atoms with Crippen molar-refractivity contribution in [3.05, 3.63) is 42.1 Å². The van der Waals surface area contributed by atoms with Gasteiger partial charge in [0.25, 0.3) is 0 Å². The zero-order chi connectivity index (χ0) is 15.9. The third kappa shape index (κ3) is 4.69. The van der Waals surface area contributed by atoms with Crippen molar-refractivity contribution in [1.82, 2.24) is 15.2 Å². The van der Waals surface area contributed by atoms with Crippen molar-refractivity contribution >= 4 is 11.8 Å². The van der Waals surface area contributed by atoms with E-state index in [9.17, 15) is 0 Å². The summed E-state index contributed by atoms with van der Waals surface area (Å²) < 4.78 is 0. The van der Waals surface area contributed by atoms with E-state index < -0.39 is 0 Å². The Labute approximate surface area is 132 Å². The number of hydrogen-bond donors (Lipinski definition) is 1. The normalized spacial score (nSPS) is 11.0. The predicted molar refractivity (Wildman–Crippen MR) is 90.9 cm³/mol.